The van der Waals surface area contributed by atoms with Crippen LogP contribution in [0.1, 0.15) is 341 Å². The summed E-state index contributed by atoms with van der Waals surface area (Å²) >= 11 is 11.1. The molecule has 12 N–H and O–H groups in total. The summed E-state index contributed by atoms with van der Waals surface area (Å²) in [6, 6.07) is 1.92. The molecular weight excluding hydrogens is 1890 g/mol. The number of amides is 9. The molecule has 9 amide bonds. The minimum atomic E-state index is -0.506. The Balaban J connectivity index is 0.000000338. The number of hydrogen-bond acceptors (Lipinski definition) is 28. The summed E-state index contributed by atoms with van der Waals surface area (Å²) in [5.74, 6) is -1.07. The van der Waals surface area contributed by atoms with Gasteiger partial charge in [0.25, 0.3) is 0 Å². The molecule has 0 spiro atoms. The maximum absolute atomic E-state index is 12.4. The van der Waals surface area contributed by atoms with Crippen molar-refractivity contribution in [2.24, 2.45) is 43.3 Å². The number of imide groups is 3. The quantitative estimate of drug-likeness (QED) is 0.0144. The van der Waals surface area contributed by atoms with Crippen molar-refractivity contribution in [1.29, 1.82) is 0 Å². The zero-order valence-electron chi connectivity index (χ0n) is 89.8. The van der Waals surface area contributed by atoms with Crippen LogP contribution in [-0.4, -0.2) is 274 Å². The fraction of sp³-hybridized carbons (Fsp3) is 0.741. The fourth-order valence-electron chi connectivity index (χ4n) is 18.5. The number of nitrogens with zero attached hydrogens (tertiary/aromatic N) is 8. The standard InChI is InChI=1S/C27H48N4O6.C27H48N4O4S2.2C27H40O8/c1-7-28-16-22(34)30(24(28)36)18-26(3,4)14-12-20(32)10-9-11-21(33)13-15-27(5,6)19-31-23(35)17-29(8-2)25(31)37;1-7-28-16-22(34)30(24(28)35)18-26(3,4)14-12-20(32)10-9-11-21(33)13-15-27(5,6)19-31-23(36)17-29(8-2)25(31)37;1-26(2,12-18-14-34-16-22(30)24(18)32)10-8-20(28)6-5-7-21(29)9-11-27(3,4)13-19-15-35-17-23(31)25(19)33;1-26(2,14-20-12-22(30)24(32)16-34-20)10-8-18(28)6-5-7-19(29)9-11-27(3,4)15-21-13-23(31)25(33)17-35-21/h2*20-21,32-33H,7-19H2,1-6H3;14-17,20-21,28-31H,5-13H2,1-4H3;12-13,16-19,28-29,32-33H,5-11,14-15H2,1-4H3. The van der Waals surface area contributed by atoms with Crippen molar-refractivity contribution in [3.8, 4) is 23.0 Å². The zero-order chi connectivity index (χ0) is 108. The fourth-order valence-corrected chi connectivity index (χ4v) is 19.3. The highest BCUT2D eigenvalue weighted by molar-refractivity contribution is 7.82. The van der Waals surface area contributed by atoms with E-state index in [1.807, 2.05) is 118 Å². The van der Waals surface area contributed by atoms with E-state index >= 15 is 0 Å². The first-order valence-electron chi connectivity index (χ1n) is 51.9. The van der Waals surface area contributed by atoms with Crippen LogP contribution in [0.25, 0.3) is 0 Å². The van der Waals surface area contributed by atoms with Gasteiger partial charge in [-0.25, -0.2) is 14.4 Å². The molecule has 4 aromatic heterocycles. The molecule has 8 atom stereocenters. The maximum atomic E-state index is 12.4. The number of thiocarbonyl (C=S) groups is 2. The lowest BCUT2D eigenvalue weighted by molar-refractivity contribution is -0.127. The lowest BCUT2D eigenvalue weighted by Gasteiger charge is -2.32. The van der Waals surface area contributed by atoms with Crippen LogP contribution in [0.2, 0.25) is 0 Å². The highest BCUT2D eigenvalue weighted by Crippen LogP contribution is 2.38. The Morgan fingerprint density at radius 3 is 0.743 bits per heavy atom. The van der Waals surface area contributed by atoms with E-state index in [1.165, 1.54) is 49.2 Å². The second kappa shape index (κ2) is 57.7. The lowest BCUT2D eigenvalue weighted by atomic mass is 9.80. The molecular formula is C108H176N8O26S2. The monoisotopic (exact) mass is 2070 g/mol. The number of carbonyl (C=O) groups is 6. The Hall–Kier alpha value is -8.72. The maximum Gasteiger partial charge on any atom is 0.327 e. The van der Waals surface area contributed by atoms with Gasteiger partial charge in [0.05, 0.1) is 67.9 Å². The van der Waals surface area contributed by atoms with E-state index in [2.05, 4.69) is 30.6 Å². The minimum absolute atomic E-state index is 0.0315. The minimum Gasteiger partial charge on any atom is -0.502 e. The number of aromatic hydroxyl groups is 4. The van der Waals surface area contributed by atoms with Gasteiger partial charge in [-0.05, 0) is 276 Å². The average molecular weight is 2070 g/mol. The highest BCUT2D eigenvalue weighted by Gasteiger charge is 2.43. The van der Waals surface area contributed by atoms with E-state index in [-0.39, 0.29) is 98.8 Å². The number of rotatable bonds is 60. The summed E-state index contributed by atoms with van der Waals surface area (Å²) in [5.41, 5.74) is -2.70. The smallest absolute Gasteiger partial charge is 0.327 e. The second-order valence-electron chi connectivity index (χ2n) is 46.8. The van der Waals surface area contributed by atoms with Crippen molar-refractivity contribution in [2.45, 2.75) is 393 Å². The van der Waals surface area contributed by atoms with Gasteiger partial charge in [0.15, 0.2) is 28.1 Å². The van der Waals surface area contributed by atoms with Gasteiger partial charge >= 0.3 is 18.1 Å². The summed E-state index contributed by atoms with van der Waals surface area (Å²) in [6.45, 7) is 45.7. The molecule has 4 aliphatic heterocycles. The predicted molar refractivity (Wildman–Crippen MR) is 561 cm³/mol. The molecule has 0 bridgehead atoms. The molecule has 816 valence electrons. The van der Waals surface area contributed by atoms with Crippen molar-refractivity contribution in [2.75, 3.05) is 78.5 Å². The van der Waals surface area contributed by atoms with Crippen LogP contribution in [0.3, 0.4) is 0 Å². The van der Waals surface area contributed by atoms with Crippen LogP contribution in [0.5, 0.6) is 23.0 Å². The van der Waals surface area contributed by atoms with Crippen molar-refractivity contribution < 1.29 is 108 Å². The van der Waals surface area contributed by atoms with E-state index in [0.717, 1.165) is 80.5 Å². The molecule has 4 fully saturated rings. The summed E-state index contributed by atoms with van der Waals surface area (Å²) in [5, 5.41) is 122. The molecule has 0 saturated carbocycles. The van der Waals surface area contributed by atoms with Crippen LogP contribution < -0.4 is 21.7 Å². The number of carbonyl (C=O) groups excluding carboxylic acids is 6. The lowest BCUT2D eigenvalue weighted by Crippen LogP contribution is -2.40. The molecule has 4 saturated heterocycles. The SMILES string of the molecule is CC(C)(CCC(O)CCCC(O)CCC(C)(C)Cc1cc(=O)c(O)co1)Cc1cc(=O)c(O)co1.CC(C)(CCC(O)CCCC(O)CCC(C)(C)Cc1cocc(O)c1=O)Cc1cocc(O)c1=O.CCN1CC(=O)N(CC(C)(C)CCC(O)CCCC(O)CCC(C)(C)CN2C(=O)CN(CC)C2=O)C1=O.CCN1CC(=O)N(CC(C)(C)CCC(O)CCCC(O)CCC(C)(C)CN2C(=S)CN(CC)C2=S)C1=O. The molecule has 34 nitrogen and oxygen atoms in total. The predicted octanol–water partition coefficient (Wildman–Crippen LogP) is 15.7. The van der Waals surface area contributed by atoms with Gasteiger partial charge in [0.2, 0.25) is 39.4 Å². The molecule has 0 radical (unpaired) electrons. The number of hydrogen-bond donors (Lipinski definition) is 12. The Bertz CT molecular complexity index is 4550. The van der Waals surface area contributed by atoms with Gasteiger partial charge in [0.1, 0.15) is 61.2 Å². The van der Waals surface area contributed by atoms with Crippen molar-refractivity contribution in [3.05, 3.63) is 113 Å². The largest absolute Gasteiger partial charge is 0.502 e. The number of aliphatic hydroxyl groups is 8. The second-order valence-corrected chi connectivity index (χ2v) is 47.6. The Morgan fingerprint density at radius 1 is 0.292 bits per heavy atom. The van der Waals surface area contributed by atoms with Crippen molar-refractivity contribution in [1.82, 2.24) is 39.2 Å². The molecule has 36 heteroatoms. The van der Waals surface area contributed by atoms with E-state index < -0.39 is 93.5 Å². The molecule has 144 heavy (non-hydrogen) atoms. The summed E-state index contributed by atoms with van der Waals surface area (Å²) in [7, 11) is 0. The third-order valence-electron chi connectivity index (χ3n) is 28.1. The molecule has 4 aliphatic rings. The Labute approximate surface area is 863 Å². The van der Waals surface area contributed by atoms with E-state index in [9.17, 15) is 109 Å². The average Bonchev–Trinajstić information content (AvgIpc) is 1.68. The number of urea groups is 3. The topological polar surface area (TPSA) is 492 Å². The Morgan fingerprint density at radius 2 is 0.521 bits per heavy atom. The van der Waals surface area contributed by atoms with E-state index in [0.29, 0.717) is 242 Å². The van der Waals surface area contributed by atoms with Gasteiger partial charge < -0.3 is 103 Å². The third kappa shape index (κ3) is 44.4. The highest BCUT2D eigenvalue weighted by atomic mass is 32.1. The molecule has 0 aromatic carbocycles. The summed E-state index contributed by atoms with van der Waals surface area (Å²) in [4.78, 5) is 134. The zero-order valence-corrected chi connectivity index (χ0v) is 91.5. The van der Waals surface area contributed by atoms with Gasteiger partial charge in [-0.15, -0.1) is 0 Å². The molecule has 4 aromatic rings. The van der Waals surface area contributed by atoms with Crippen molar-refractivity contribution in [3.63, 3.8) is 0 Å². The summed E-state index contributed by atoms with van der Waals surface area (Å²) < 4.78 is 20.6. The van der Waals surface area contributed by atoms with Crippen LogP contribution in [0.4, 0.5) is 14.4 Å². The van der Waals surface area contributed by atoms with E-state index in [1.54, 1.807) is 4.90 Å². The molecule has 8 unspecified atom stereocenters. The summed E-state index contributed by atoms with van der Waals surface area (Å²) in [6.07, 6.45) is 23.2. The first kappa shape index (κ1) is 126. The normalized spacial score (nSPS) is 16.6. The van der Waals surface area contributed by atoms with Crippen LogP contribution in [0.15, 0.2) is 86.6 Å². The van der Waals surface area contributed by atoms with Crippen LogP contribution in [0, 0.1) is 43.3 Å². The van der Waals surface area contributed by atoms with Crippen LogP contribution >= 0.6 is 24.4 Å². The third-order valence-corrected chi connectivity index (χ3v) is 29.0. The van der Waals surface area contributed by atoms with Gasteiger partial charge in [0, 0.05) is 88.5 Å². The first-order valence-corrected chi connectivity index (χ1v) is 52.8. The molecule has 8 heterocycles. The van der Waals surface area contributed by atoms with E-state index in [4.69, 9.17) is 42.1 Å². The Kier molecular flexibility index (Phi) is 50.4. The molecule has 8 rings (SSSR count). The van der Waals surface area contributed by atoms with Gasteiger partial charge in [-0.2, -0.15) is 0 Å². The first-order chi connectivity index (χ1) is 66.9. The van der Waals surface area contributed by atoms with Gasteiger partial charge in [-0.1, -0.05) is 123 Å². The number of likely N-dealkylation sites (N-methyl/N-ethyl adjacent to an activating group) is 4. The van der Waals surface area contributed by atoms with Gasteiger partial charge in [-0.3, -0.25) is 48.3 Å². The molecule has 0 aliphatic carbocycles. The van der Waals surface area contributed by atoms with Crippen molar-refractivity contribution >= 4 is 70.4 Å². The number of aliphatic hydroxyl groups excluding tert-OH is 8. The van der Waals surface area contributed by atoms with Crippen LogP contribution in [-0.2, 0) is 40.1 Å².